The van der Waals surface area contributed by atoms with Crippen LogP contribution < -0.4 is 0 Å². The second kappa shape index (κ2) is 7.94. The lowest BCUT2D eigenvalue weighted by atomic mass is 10.2. The predicted octanol–water partition coefficient (Wildman–Crippen LogP) is 1.24. The molecule has 0 bridgehead atoms. The Kier molecular flexibility index (Phi) is 7.71. The van der Waals surface area contributed by atoms with Crippen LogP contribution in [-0.4, -0.2) is 56.4 Å². The molecule has 0 radical (unpaired) electrons. The minimum Gasteiger partial charge on any atom is -0.307 e. The van der Waals surface area contributed by atoms with E-state index in [0.29, 0.717) is 0 Å². The van der Waals surface area contributed by atoms with Crippen molar-refractivity contribution in [2.75, 3.05) is 33.7 Å². The van der Waals surface area contributed by atoms with E-state index in [2.05, 4.69) is 30.8 Å². The highest BCUT2D eigenvalue weighted by Crippen LogP contribution is 2.14. The Bertz CT molecular complexity index is 136. The first-order chi connectivity index (χ1) is 6.70. The van der Waals surface area contributed by atoms with Gasteiger partial charge in [0.05, 0.1) is 0 Å². The molecule has 3 heteroatoms. The van der Waals surface area contributed by atoms with Gasteiger partial charge in [0.1, 0.15) is 6.79 Å². The summed E-state index contributed by atoms with van der Waals surface area (Å²) >= 11 is 0. The van der Waals surface area contributed by atoms with Gasteiger partial charge in [0.2, 0.25) is 0 Å². The van der Waals surface area contributed by atoms with Crippen molar-refractivity contribution in [3.05, 3.63) is 0 Å². The average Bonchev–Trinajstić information content (AvgIpc) is 3.02. The van der Waals surface area contributed by atoms with Crippen LogP contribution >= 0.6 is 0 Å². The van der Waals surface area contributed by atoms with E-state index in [0.717, 1.165) is 6.04 Å². The van der Waals surface area contributed by atoms with E-state index in [-0.39, 0.29) is 0 Å². The van der Waals surface area contributed by atoms with Crippen molar-refractivity contribution in [2.45, 2.75) is 32.2 Å². The molecule has 1 heterocycles. The van der Waals surface area contributed by atoms with Crippen molar-refractivity contribution in [3.8, 4) is 0 Å². The second-order valence-electron chi connectivity index (χ2n) is 4.15. The summed E-state index contributed by atoms with van der Waals surface area (Å²) in [5, 5.41) is 0. The molecule has 1 saturated carbocycles. The molecule has 0 spiro atoms. The van der Waals surface area contributed by atoms with Crippen LogP contribution in [0.3, 0.4) is 0 Å². The van der Waals surface area contributed by atoms with E-state index in [1.165, 1.54) is 38.9 Å². The molecule has 2 fully saturated rings. The van der Waals surface area contributed by atoms with Crippen LogP contribution in [0.4, 0.5) is 0 Å². The molecule has 1 atom stereocenters. The SMILES string of the molecule is C1CC1.C=O.CC1CN(C)CCN1C. The Balaban J connectivity index is 0.000000280. The molecule has 2 rings (SSSR count). The van der Waals surface area contributed by atoms with Gasteiger partial charge in [-0.2, -0.15) is 0 Å². The van der Waals surface area contributed by atoms with Crippen molar-refractivity contribution in [2.24, 2.45) is 0 Å². The average molecular weight is 200 g/mol. The molecule has 84 valence electrons. The third-order valence-electron chi connectivity index (χ3n) is 2.52. The Labute approximate surface area is 88.1 Å². The minimum absolute atomic E-state index is 0.740. The highest BCUT2D eigenvalue weighted by Gasteiger charge is 2.16. The summed E-state index contributed by atoms with van der Waals surface area (Å²) in [5.41, 5.74) is 0. The Morgan fingerprint density at radius 3 is 1.86 bits per heavy atom. The monoisotopic (exact) mass is 200 g/mol. The fourth-order valence-corrected chi connectivity index (χ4v) is 1.23. The van der Waals surface area contributed by atoms with Gasteiger partial charge < -0.3 is 14.6 Å². The molecule has 2 aliphatic rings. The standard InChI is InChI=1S/C7H16N2.C3H6.CH2O/c1-7-6-8(2)4-5-9(7)3;1-2-3-1;1-2/h7H,4-6H2,1-3H3;1-3H2;1H2. The van der Waals surface area contributed by atoms with E-state index in [4.69, 9.17) is 4.79 Å². The number of hydrogen-bond donors (Lipinski definition) is 0. The maximum atomic E-state index is 8.00. The lowest BCUT2D eigenvalue weighted by Crippen LogP contribution is -2.48. The number of carbonyl (C=O) groups excluding carboxylic acids is 1. The van der Waals surface area contributed by atoms with Gasteiger partial charge in [-0.25, -0.2) is 0 Å². The number of rotatable bonds is 0. The van der Waals surface area contributed by atoms with Crippen molar-refractivity contribution in [1.82, 2.24) is 9.80 Å². The van der Waals surface area contributed by atoms with E-state index in [9.17, 15) is 0 Å². The first kappa shape index (κ1) is 13.6. The third-order valence-corrected chi connectivity index (χ3v) is 2.52. The number of likely N-dealkylation sites (N-methyl/N-ethyl adjacent to an activating group) is 2. The normalized spacial score (nSPS) is 26.6. The molecular formula is C11H24N2O. The van der Waals surface area contributed by atoms with Crippen molar-refractivity contribution in [1.29, 1.82) is 0 Å². The highest BCUT2D eigenvalue weighted by molar-refractivity contribution is 5.10. The molecule has 0 amide bonds. The molecule has 1 aliphatic heterocycles. The van der Waals surface area contributed by atoms with Crippen molar-refractivity contribution < 1.29 is 4.79 Å². The van der Waals surface area contributed by atoms with Gasteiger partial charge in [0, 0.05) is 25.7 Å². The number of carbonyl (C=O) groups is 1. The number of hydrogen-bond acceptors (Lipinski definition) is 3. The van der Waals surface area contributed by atoms with E-state index < -0.39 is 0 Å². The first-order valence-corrected chi connectivity index (χ1v) is 5.38. The highest BCUT2D eigenvalue weighted by atomic mass is 16.1. The summed E-state index contributed by atoms with van der Waals surface area (Å²) in [7, 11) is 4.38. The van der Waals surface area contributed by atoms with Gasteiger partial charge in [-0.15, -0.1) is 0 Å². The van der Waals surface area contributed by atoms with Crippen LogP contribution in [0.2, 0.25) is 0 Å². The maximum absolute atomic E-state index is 8.00. The Morgan fingerprint density at radius 1 is 1.07 bits per heavy atom. The van der Waals surface area contributed by atoms with Crippen LogP contribution in [0.1, 0.15) is 26.2 Å². The topological polar surface area (TPSA) is 23.6 Å². The maximum Gasteiger partial charge on any atom is 0.106 e. The van der Waals surface area contributed by atoms with Crippen molar-refractivity contribution in [3.63, 3.8) is 0 Å². The minimum atomic E-state index is 0.740. The fraction of sp³-hybridized carbons (Fsp3) is 0.909. The molecule has 0 aromatic carbocycles. The first-order valence-electron chi connectivity index (χ1n) is 5.38. The second-order valence-corrected chi connectivity index (χ2v) is 4.15. The summed E-state index contributed by atoms with van der Waals surface area (Å²) in [6.07, 6.45) is 4.50. The molecule has 1 aliphatic carbocycles. The van der Waals surface area contributed by atoms with Crippen LogP contribution in [-0.2, 0) is 4.79 Å². The molecule has 0 aromatic heterocycles. The summed E-state index contributed by atoms with van der Waals surface area (Å²) in [6, 6.07) is 0.740. The molecule has 1 unspecified atom stereocenters. The quantitative estimate of drug-likeness (QED) is 0.588. The Morgan fingerprint density at radius 2 is 1.57 bits per heavy atom. The summed E-state index contributed by atoms with van der Waals surface area (Å²) in [6.45, 7) is 7.94. The van der Waals surface area contributed by atoms with E-state index in [1.54, 1.807) is 0 Å². The van der Waals surface area contributed by atoms with Crippen molar-refractivity contribution >= 4 is 6.79 Å². The van der Waals surface area contributed by atoms with Gasteiger partial charge in [-0.3, -0.25) is 0 Å². The van der Waals surface area contributed by atoms with Gasteiger partial charge in [0.15, 0.2) is 0 Å². The molecule has 3 nitrogen and oxygen atoms in total. The van der Waals surface area contributed by atoms with Crippen LogP contribution in [0.5, 0.6) is 0 Å². The van der Waals surface area contributed by atoms with Crippen LogP contribution in [0.25, 0.3) is 0 Å². The lowest BCUT2D eigenvalue weighted by molar-refractivity contribution is -0.0979. The summed E-state index contributed by atoms with van der Waals surface area (Å²) in [4.78, 5) is 12.8. The van der Waals surface area contributed by atoms with Gasteiger partial charge >= 0.3 is 0 Å². The predicted molar refractivity (Wildman–Crippen MR) is 60.6 cm³/mol. The zero-order valence-corrected chi connectivity index (χ0v) is 9.83. The lowest BCUT2D eigenvalue weighted by Gasteiger charge is -2.35. The zero-order chi connectivity index (χ0) is 11.0. The zero-order valence-electron chi connectivity index (χ0n) is 9.83. The van der Waals surface area contributed by atoms with Gasteiger partial charge in [-0.05, 0) is 21.0 Å². The van der Waals surface area contributed by atoms with E-state index in [1.807, 2.05) is 6.79 Å². The molecule has 0 N–H and O–H groups in total. The Hall–Kier alpha value is -0.410. The number of nitrogens with zero attached hydrogens (tertiary/aromatic N) is 2. The third kappa shape index (κ3) is 7.04. The van der Waals surface area contributed by atoms with Crippen LogP contribution in [0, 0.1) is 0 Å². The van der Waals surface area contributed by atoms with Crippen LogP contribution in [0.15, 0.2) is 0 Å². The van der Waals surface area contributed by atoms with Gasteiger partial charge in [0.25, 0.3) is 0 Å². The summed E-state index contributed by atoms with van der Waals surface area (Å²) in [5.74, 6) is 0. The fourth-order valence-electron chi connectivity index (χ4n) is 1.23. The summed E-state index contributed by atoms with van der Waals surface area (Å²) < 4.78 is 0. The molecular weight excluding hydrogens is 176 g/mol. The molecule has 0 aromatic rings. The molecule has 1 saturated heterocycles. The molecule has 14 heavy (non-hydrogen) atoms. The largest absolute Gasteiger partial charge is 0.307 e. The van der Waals surface area contributed by atoms with E-state index >= 15 is 0 Å². The number of piperazine rings is 1. The smallest absolute Gasteiger partial charge is 0.106 e. The van der Waals surface area contributed by atoms with Gasteiger partial charge in [-0.1, -0.05) is 19.3 Å².